The Morgan fingerprint density at radius 3 is 2.50 bits per heavy atom. The van der Waals surface area contributed by atoms with E-state index in [1.807, 2.05) is 0 Å². The fourth-order valence-electron chi connectivity index (χ4n) is 3.34. The first-order valence-corrected chi connectivity index (χ1v) is 7.72. The van der Waals surface area contributed by atoms with E-state index in [4.69, 9.17) is 11.6 Å². The number of aliphatic hydroxyl groups is 1. The molecule has 7 heteroatoms. The number of rotatable bonds is 1. The monoisotopic (exact) mass is 352 g/mol. The van der Waals surface area contributed by atoms with E-state index in [0.29, 0.717) is 35.1 Å². The first kappa shape index (κ1) is 15.5. The Morgan fingerprint density at radius 2 is 1.83 bits per heavy atom. The van der Waals surface area contributed by atoms with Crippen LogP contribution in [0.2, 0.25) is 5.02 Å². The highest BCUT2D eigenvalue weighted by Crippen LogP contribution is 2.45. The van der Waals surface area contributed by atoms with Crippen molar-refractivity contribution in [2.45, 2.75) is 11.9 Å². The third kappa shape index (κ3) is 2.06. The van der Waals surface area contributed by atoms with E-state index in [1.54, 1.807) is 23.1 Å². The summed E-state index contributed by atoms with van der Waals surface area (Å²) in [4.78, 5) is 6.11. The highest BCUT2D eigenvalue weighted by atomic mass is 35.5. The van der Waals surface area contributed by atoms with Crippen molar-refractivity contribution in [3.63, 3.8) is 0 Å². The molecule has 2 heterocycles. The van der Waals surface area contributed by atoms with Crippen molar-refractivity contribution in [2.75, 3.05) is 13.1 Å². The Balaban J connectivity index is 1.88. The molecule has 3 nitrogen and oxygen atoms in total. The predicted molar refractivity (Wildman–Crippen MR) is 84.0 cm³/mol. The third-order valence-electron chi connectivity index (χ3n) is 4.44. The lowest BCUT2D eigenvalue weighted by Crippen LogP contribution is -2.43. The minimum atomic E-state index is -4.42. The van der Waals surface area contributed by atoms with Crippen LogP contribution in [0.5, 0.6) is 0 Å². The lowest BCUT2D eigenvalue weighted by atomic mass is 9.93. The van der Waals surface area contributed by atoms with Gasteiger partial charge in [-0.15, -0.1) is 0 Å². The topological polar surface area (TPSA) is 35.8 Å². The Labute approximate surface area is 141 Å². The summed E-state index contributed by atoms with van der Waals surface area (Å²) in [6.07, 6.45) is -4.42. The minimum absolute atomic E-state index is 0.353. The summed E-state index contributed by atoms with van der Waals surface area (Å²) < 4.78 is 38.4. The van der Waals surface area contributed by atoms with Crippen LogP contribution in [0, 0.1) is 0 Å². The molecular formula is C17H12ClF3N2O. The van der Waals surface area contributed by atoms with Gasteiger partial charge in [-0.3, -0.25) is 4.99 Å². The van der Waals surface area contributed by atoms with Gasteiger partial charge in [0.25, 0.3) is 0 Å². The number of amidine groups is 1. The molecule has 0 fully saturated rings. The van der Waals surface area contributed by atoms with Crippen LogP contribution in [-0.4, -0.2) is 28.9 Å². The van der Waals surface area contributed by atoms with Crippen molar-refractivity contribution < 1.29 is 18.3 Å². The Hall–Kier alpha value is -2.05. The van der Waals surface area contributed by atoms with Gasteiger partial charge in [-0.2, -0.15) is 13.2 Å². The standard InChI is InChI=1S/C17H12ClF3N2O/c18-12-5-6-13-14(9-12)16(24,23-8-7-22-15(13)23)10-1-3-11(4-2-10)17(19,20)21/h1-6,9,24H,7-8H2. The van der Waals surface area contributed by atoms with E-state index in [-0.39, 0.29) is 0 Å². The molecule has 2 aliphatic rings. The van der Waals surface area contributed by atoms with Crippen molar-refractivity contribution in [1.29, 1.82) is 0 Å². The number of alkyl halides is 3. The van der Waals surface area contributed by atoms with Gasteiger partial charge >= 0.3 is 6.18 Å². The lowest BCUT2D eigenvalue weighted by molar-refractivity contribution is -0.137. The molecule has 1 unspecified atom stereocenters. The van der Waals surface area contributed by atoms with Gasteiger partial charge in [0.2, 0.25) is 0 Å². The van der Waals surface area contributed by atoms with Gasteiger partial charge in [0, 0.05) is 28.3 Å². The second-order valence-corrected chi connectivity index (χ2v) is 6.23. The van der Waals surface area contributed by atoms with Gasteiger partial charge in [0.1, 0.15) is 5.84 Å². The second kappa shape index (κ2) is 4.97. The summed E-state index contributed by atoms with van der Waals surface area (Å²) >= 11 is 6.06. The van der Waals surface area contributed by atoms with E-state index < -0.39 is 17.5 Å². The molecule has 0 aromatic heterocycles. The van der Waals surface area contributed by atoms with Crippen molar-refractivity contribution in [1.82, 2.24) is 4.90 Å². The van der Waals surface area contributed by atoms with Gasteiger partial charge in [-0.25, -0.2) is 0 Å². The summed E-state index contributed by atoms with van der Waals surface area (Å²) in [5.74, 6) is 0.643. The van der Waals surface area contributed by atoms with Crippen LogP contribution < -0.4 is 0 Å². The first-order valence-electron chi connectivity index (χ1n) is 7.34. The number of hydrogen-bond acceptors (Lipinski definition) is 3. The van der Waals surface area contributed by atoms with Gasteiger partial charge in [-0.1, -0.05) is 23.7 Å². The average molecular weight is 353 g/mol. The van der Waals surface area contributed by atoms with Gasteiger partial charge in [0.15, 0.2) is 5.72 Å². The molecule has 24 heavy (non-hydrogen) atoms. The number of halogens is 4. The maximum atomic E-state index is 12.8. The molecule has 0 amide bonds. The molecule has 0 aliphatic carbocycles. The Morgan fingerprint density at radius 1 is 1.12 bits per heavy atom. The smallest absolute Gasteiger partial charge is 0.363 e. The van der Waals surface area contributed by atoms with Crippen LogP contribution in [0.1, 0.15) is 22.3 Å². The normalized spacial score (nSPS) is 22.4. The van der Waals surface area contributed by atoms with E-state index in [2.05, 4.69) is 4.99 Å². The van der Waals surface area contributed by atoms with Crippen molar-refractivity contribution in [2.24, 2.45) is 4.99 Å². The molecule has 1 N–H and O–H groups in total. The fourth-order valence-corrected chi connectivity index (χ4v) is 3.51. The molecule has 0 saturated heterocycles. The molecule has 1 atom stereocenters. The Kier molecular flexibility index (Phi) is 3.21. The molecule has 0 radical (unpaired) electrons. The zero-order valence-corrected chi connectivity index (χ0v) is 13.1. The predicted octanol–water partition coefficient (Wildman–Crippen LogP) is 3.63. The fraction of sp³-hybridized carbons (Fsp3) is 0.235. The van der Waals surface area contributed by atoms with Crippen LogP contribution in [0.4, 0.5) is 13.2 Å². The number of hydrogen-bond donors (Lipinski definition) is 1. The zero-order chi connectivity index (χ0) is 17.1. The largest absolute Gasteiger partial charge is 0.416 e. The summed E-state index contributed by atoms with van der Waals surface area (Å²) in [5, 5.41) is 11.9. The summed E-state index contributed by atoms with van der Waals surface area (Å²) in [5.41, 5.74) is -0.687. The van der Waals surface area contributed by atoms with E-state index in [1.165, 1.54) is 12.1 Å². The molecule has 2 aromatic carbocycles. The molecule has 2 aromatic rings. The Bertz CT molecular complexity index is 848. The van der Waals surface area contributed by atoms with Crippen molar-refractivity contribution in [3.8, 4) is 0 Å². The average Bonchev–Trinajstić information content (AvgIpc) is 3.10. The number of fused-ring (bicyclic) bond motifs is 3. The number of nitrogens with zero attached hydrogens (tertiary/aromatic N) is 2. The molecule has 124 valence electrons. The molecule has 2 aliphatic heterocycles. The minimum Gasteiger partial charge on any atom is -0.363 e. The van der Waals surface area contributed by atoms with Gasteiger partial charge in [-0.05, 0) is 30.3 Å². The van der Waals surface area contributed by atoms with Crippen LogP contribution >= 0.6 is 11.6 Å². The maximum Gasteiger partial charge on any atom is 0.416 e. The highest BCUT2D eigenvalue weighted by Gasteiger charge is 2.50. The molecule has 0 spiro atoms. The van der Waals surface area contributed by atoms with E-state index in [0.717, 1.165) is 17.7 Å². The van der Waals surface area contributed by atoms with Crippen LogP contribution in [0.25, 0.3) is 0 Å². The number of benzene rings is 2. The highest BCUT2D eigenvalue weighted by molar-refractivity contribution is 6.30. The SMILES string of the molecule is OC1(c2ccc(C(F)(F)F)cc2)c2cc(Cl)ccc2C2=NCCN21. The number of aliphatic imine (C=N–C) groups is 1. The van der Waals surface area contributed by atoms with Crippen LogP contribution in [0.15, 0.2) is 47.5 Å². The molecule has 4 rings (SSSR count). The second-order valence-electron chi connectivity index (χ2n) is 5.79. The lowest BCUT2D eigenvalue weighted by Gasteiger charge is -2.34. The summed E-state index contributed by atoms with van der Waals surface area (Å²) in [6, 6.07) is 9.67. The molecule has 0 bridgehead atoms. The zero-order valence-electron chi connectivity index (χ0n) is 12.3. The third-order valence-corrected chi connectivity index (χ3v) is 4.68. The first-order chi connectivity index (χ1) is 11.3. The van der Waals surface area contributed by atoms with E-state index in [9.17, 15) is 18.3 Å². The summed E-state index contributed by atoms with van der Waals surface area (Å²) in [6.45, 7) is 1.01. The molecule has 0 saturated carbocycles. The quantitative estimate of drug-likeness (QED) is 0.850. The van der Waals surface area contributed by atoms with Crippen LogP contribution in [-0.2, 0) is 11.9 Å². The van der Waals surface area contributed by atoms with Gasteiger partial charge < -0.3 is 10.0 Å². The van der Waals surface area contributed by atoms with Crippen LogP contribution in [0.3, 0.4) is 0 Å². The van der Waals surface area contributed by atoms with E-state index >= 15 is 0 Å². The maximum absolute atomic E-state index is 12.8. The van der Waals surface area contributed by atoms with Gasteiger partial charge in [0.05, 0.1) is 12.1 Å². The molecular weight excluding hydrogens is 341 g/mol. The van der Waals surface area contributed by atoms with Crippen molar-refractivity contribution >= 4 is 17.4 Å². The van der Waals surface area contributed by atoms with Crippen molar-refractivity contribution in [3.05, 3.63) is 69.7 Å². The summed E-state index contributed by atoms with van der Waals surface area (Å²) in [7, 11) is 0.